The predicted octanol–water partition coefficient (Wildman–Crippen LogP) is 3.95. The largest absolute Gasteiger partial charge is 0.489 e. The number of aryl methyl sites for hydroxylation is 1. The first kappa shape index (κ1) is 26.6. The minimum absolute atomic E-state index is 0.0134. The molecule has 186 valence electrons. The monoisotopic (exact) mass is 465 g/mol. The Labute approximate surface area is 207 Å². The van der Waals surface area contributed by atoms with E-state index in [-0.39, 0.29) is 18.1 Å². The van der Waals surface area contributed by atoms with Crippen LogP contribution in [0.25, 0.3) is 6.08 Å². The van der Waals surface area contributed by atoms with Gasteiger partial charge in [-0.3, -0.25) is 0 Å². The van der Waals surface area contributed by atoms with E-state index in [1.807, 2.05) is 0 Å². The topological polar surface area (TPSA) is 79.5 Å². The van der Waals surface area contributed by atoms with Crippen LogP contribution in [-0.2, 0) is 13.0 Å². The molecule has 0 spiro atoms. The van der Waals surface area contributed by atoms with Crippen molar-refractivity contribution in [2.24, 2.45) is 11.1 Å². The maximum Gasteiger partial charge on any atom is 0.124 e. The number of fused-ring (bicyclic) bond motifs is 1. The number of nitrogens with one attached hydrogen (secondary N) is 2. The van der Waals surface area contributed by atoms with Crippen molar-refractivity contribution in [2.75, 3.05) is 26.2 Å². The fourth-order valence-corrected chi connectivity index (χ4v) is 4.98. The van der Waals surface area contributed by atoms with Gasteiger partial charge in [0.25, 0.3) is 0 Å². The minimum atomic E-state index is -0.146. The van der Waals surface area contributed by atoms with E-state index in [1.165, 1.54) is 35.2 Å². The Kier molecular flexibility index (Phi) is 9.87. The molecular formula is C28H44BN3O2. The summed E-state index contributed by atoms with van der Waals surface area (Å²) < 4.78 is 6.74. The van der Waals surface area contributed by atoms with Crippen LogP contribution in [0.15, 0.2) is 41.1 Å². The van der Waals surface area contributed by atoms with E-state index in [1.54, 1.807) is 0 Å². The van der Waals surface area contributed by atoms with Gasteiger partial charge in [-0.15, -0.1) is 0 Å². The first-order valence-corrected chi connectivity index (χ1v) is 13.1. The Morgan fingerprint density at radius 2 is 2.03 bits per heavy atom. The Morgan fingerprint density at radius 1 is 1.21 bits per heavy atom. The van der Waals surface area contributed by atoms with Crippen molar-refractivity contribution in [3.05, 3.63) is 57.8 Å². The minimum Gasteiger partial charge on any atom is -0.489 e. The SMILES string of the molecule is CBCC1=CC(NCCN)=C(C(C)(C)C(C)Oc2cc3c(cc2CNCCO)CCC=C3)CC1. The maximum atomic E-state index is 9.21. The van der Waals surface area contributed by atoms with E-state index in [0.29, 0.717) is 19.6 Å². The summed E-state index contributed by atoms with van der Waals surface area (Å²) in [5.41, 5.74) is 13.6. The van der Waals surface area contributed by atoms with Crippen molar-refractivity contribution < 1.29 is 9.84 Å². The van der Waals surface area contributed by atoms with E-state index in [2.05, 4.69) is 68.6 Å². The maximum absolute atomic E-state index is 9.21. The molecule has 0 bridgehead atoms. The molecule has 1 aromatic rings. The van der Waals surface area contributed by atoms with Crippen LogP contribution >= 0.6 is 0 Å². The van der Waals surface area contributed by atoms with Gasteiger partial charge in [0.1, 0.15) is 19.1 Å². The average molecular weight is 465 g/mol. The van der Waals surface area contributed by atoms with Crippen molar-refractivity contribution in [3.8, 4) is 5.75 Å². The van der Waals surface area contributed by atoms with Crippen LogP contribution in [0.2, 0.25) is 13.1 Å². The molecule has 0 radical (unpaired) electrons. The Balaban J connectivity index is 1.89. The van der Waals surface area contributed by atoms with Gasteiger partial charge in [-0.2, -0.15) is 0 Å². The molecular weight excluding hydrogens is 421 g/mol. The summed E-state index contributed by atoms with van der Waals surface area (Å²) in [5, 5.41) is 16.1. The standard InChI is InChI=1S/C28H44BN3O2/c1-20(28(2,3)25-10-9-21(18-29-4)15-26(25)32-12-11-30)34-27-17-23-8-6-5-7-22(23)16-24(27)19-31-13-14-33/h6,8,15-17,20,29,31-33H,5,7,9-14,18-19,30H2,1-4H3. The molecule has 0 aromatic heterocycles. The Morgan fingerprint density at radius 3 is 2.76 bits per heavy atom. The van der Waals surface area contributed by atoms with Crippen molar-refractivity contribution in [1.29, 1.82) is 0 Å². The predicted molar refractivity (Wildman–Crippen MR) is 146 cm³/mol. The number of aliphatic hydroxyl groups is 1. The number of hydrogen-bond acceptors (Lipinski definition) is 5. The molecule has 0 heterocycles. The molecule has 6 heteroatoms. The third kappa shape index (κ3) is 6.56. The third-order valence-electron chi connectivity index (χ3n) is 7.30. The van der Waals surface area contributed by atoms with Crippen molar-refractivity contribution in [1.82, 2.24) is 10.6 Å². The number of ether oxygens (including phenoxy) is 1. The Hall–Kier alpha value is -2.02. The number of rotatable bonds is 13. The molecule has 2 aliphatic carbocycles. The fourth-order valence-electron chi connectivity index (χ4n) is 4.98. The summed E-state index contributed by atoms with van der Waals surface area (Å²) in [6, 6.07) is 4.49. The zero-order valence-electron chi connectivity index (χ0n) is 21.7. The number of hydrogen-bond donors (Lipinski definition) is 4. The van der Waals surface area contributed by atoms with Crippen LogP contribution in [-0.4, -0.2) is 44.7 Å². The highest BCUT2D eigenvalue weighted by molar-refractivity contribution is 6.34. The van der Waals surface area contributed by atoms with E-state index in [4.69, 9.17) is 10.5 Å². The fraction of sp³-hybridized carbons (Fsp3) is 0.571. The second-order valence-corrected chi connectivity index (χ2v) is 10.1. The molecule has 3 rings (SSSR count). The third-order valence-corrected chi connectivity index (χ3v) is 7.30. The van der Waals surface area contributed by atoms with Gasteiger partial charge in [-0.1, -0.05) is 50.8 Å². The smallest absolute Gasteiger partial charge is 0.124 e. The number of allylic oxidation sites excluding steroid dienone is 3. The van der Waals surface area contributed by atoms with Gasteiger partial charge >= 0.3 is 0 Å². The molecule has 5 nitrogen and oxygen atoms in total. The molecule has 0 amide bonds. The summed E-state index contributed by atoms with van der Waals surface area (Å²) in [7, 11) is 1.17. The van der Waals surface area contributed by atoms with Crippen molar-refractivity contribution >= 4 is 13.4 Å². The van der Waals surface area contributed by atoms with Crippen LogP contribution in [0.5, 0.6) is 5.75 Å². The summed E-state index contributed by atoms with van der Waals surface area (Å²) in [6.07, 6.45) is 12.3. The van der Waals surface area contributed by atoms with Gasteiger partial charge in [0.15, 0.2) is 0 Å². The first-order valence-electron chi connectivity index (χ1n) is 13.1. The van der Waals surface area contributed by atoms with Gasteiger partial charge in [0.05, 0.1) is 6.61 Å². The number of aliphatic hydroxyl groups excluding tert-OH is 1. The van der Waals surface area contributed by atoms with Crippen molar-refractivity contribution in [2.45, 2.75) is 72.2 Å². The molecule has 2 aliphatic rings. The molecule has 0 fully saturated rings. The first-order chi connectivity index (χ1) is 16.4. The van der Waals surface area contributed by atoms with Crippen LogP contribution in [0.3, 0.4) is 0 Å². The molecule has 0 aliphatic heterocycles. The van der Waals surface area contributed by atoms with Gasteiger partial charge in [0.2, 0.25) is 0 Å². The van der Waals surface area contributed by atoms with Gasteiger partial charge < -0.3 is 26.2 Å². The lowest BCUT2D eigenvalue weighted by atomic mass is 9.69. The van der Waals surface area contributed by atoms with E-state index >= 15 is 0 Å². The molecule has 1 unspecified atom stereocenters. The summed E-state index contributed by atoms with van der Waals surface area (Å²) >= 11 is 0. The zero-order valence-corrected chi connectivity index (χ0v) is 21.7. The normalized spacial score (nSPS) is 16.7. The van der Waals surface area contributed by atoms with Crippen molar-refractivity contribution in [3.63, 3.8) is 0 Å². The number of benzene rings is 1. The quantitative estimate of drug-likeness (QED) is 0.262. The second-order valence-electron chi connectivity index (χ2n) is 10.1. The van der Waals surface area contributed by atoms with E-state index in [9.17, 15) is 5.11 Å². The highest BCUT2D eigenvalue weighted by atomic mass is 16.5. The lowest BCUT2D eigenvalue weighted by Gasteiger charge is -2.38. The van der Waals surface area contributed by atoms with Crippen LogP contribution in [0, 0.1) is 5.41 Å². The molecule has 0 saturated carbocycles. The van der Waals surface area contributed by atoms with Gasteiger partial charge in [-0.25, -0.2) is 0 Å². The summed E-state index contributed by atoms with van der Waals surface area (Å²) in [5.74, 6) is 0.936. The molecule has 1 aromatic carbocycles. The highest BCUT2D eigenvalue weighted by Gasteiger charge is 2.35. The van der Waals surface area contributed by atoms with Crippen LogP contribution < -0.4 is 21.1 Å². The molecule has 0 saturated heterocycles. The lowest BCUT2D eigenvalue weighted by Crippen LogP contribution is -2.37. The highest BCUT2D eigenvalue weighted by Crippen LogP contribution is 2.41. The molecule has 5 N–H and O–H groups in total. The number of nitrogens with two attached hydrogens (primary N) is 1. The lowest BCUT2D eigenvalue weighted by molar-refractivity contribution is 0.110. The molecule has 34 heavy (non-hydrogen) atoms. The van der Waals surface area contributed by atoms with Gasteiger partial charge in [0, 0.05) is 42.9 Å². The Bertz CT molecular complexity index is 920. The van der Waals surface area contributed by atoms with Crippen LogP contribution in [0.1, 0.15) is 56.7 Å². The second kappa shape index (κ2) is 12.6. The van der Waals surface area contributed by atoms with Crippen LogP contribution in [0.4, 0.5) is 0 Å². The van der Waals surface area contributed by atoms with E-state index in [0.717, 1.165) is 49.9 Å². The zero-order chi connectivity index (χ0) is 24.6. The molecule has 1 atom stereocenters. The van der Waals surface area contributed by atoms with E-state index < -0.39 is 0 Å². The van der Waals surface area contributed by atoms with Gasteiger partial charge in [-0.05, 0) is 61.4 Å². The average Bonchev–Trinajstić information content (AvgIpc) is 2.83. The summed E-state index contributed by atoms with van der Waals surface area (Å²) in [4.78, 5) is 0. The summed E-state index contributed by atoms with van der Waals surface area (Å²) in [6.45, 7) is 11.8.